The minimum Gasteiger partial charge on any atom is -0.501 e. The number of allylic oxidation sites excluding steroid dienone is 1. The summed E-state index contributed by atoms with van der Waals surface area (Å²) in [6.45, 7) is 1.29. The third kappa shape index (κ3) is 2.57. The van der Waals surface area contributed by atoms with Crippen molar-refractivity contribution in [2.75, 3.05) is 7.11 Å². The van der Waals surface area contributed by atoms with E-state index in [1.165, 1.54) is 20.1 Å². The van der Waals surface area contributed by atoms with Crippen molar-refractivity contribution >= 4 is 11.8 Å². The highest BCUT2D eigenvalue weighted by molar-refractivity contribution is 5.95. The van der Waals surface area contributed by atoms with Crippen LogP contribution in [0.3, 0.4) is 0 Å². The molecule has 1 aliphatic rings. The zero-order valence-corrected chi connectivity index (χ0v) is 7.70. The molecule has 4 heteroatoms. The van der Waals surface area contributed by atoms with Crippen LogP contribution in [-0.4, -0.2) is 25.0 Å². The van der Waals surface area contributed by atoms with Gasteiger partial charge in [-0.2, -0.15) is 0 Å². The van der Waals surface area contributed by atoms with E-state index in [9.17, 15) is 9.59 Å². The predicted molar refractivity (Wildman–Crippen MR) is 44.9 cm³/mol. The number of ether oxygens (including phenoxy) is 2. The maximum atomic E-state index is 11.3. The van der Waals surface area contributed by atoms with Gasteiger partial charge in [-0.05, 0) is 6.42 Å². The van der Waals surface area contributed by atoms with E-state index in [1.807, 2.05) is 0 Å². The molecule has 0 aromatic carbocycles. The molecule has 0 unspecified atom stereocenters. The van der Waals surface area contributed by atoms with Gasteiger partial charge in [0.2, 0.25) is 0 Å². The maximum Gasteiger partial charge on any atom is 0.303 e. The maximum absolute atomic E-state index is 11.3. The largest absolute Gasteiger partial charge is 0.501 e. The van der Waals surface area contributed by atoms with Crippen LogP contribution < -0.4 is 0 Å². The van der Waals surface area contributed by atoms with Crippen molar-refractivity contribution in [3.8, 4) is 0 Å². The fourth-order valence-corrected chi connectivity index (χ4v) is 1.22. The molecule has 72 valence electrons. The van der Waals surface area contributed by atoms with Gasteiger partial charge in [0, 0.05) is 19.4 Å². The molecule has 1 aliphatic carbocycles. The van der Waals surface area contributed by atoms with Crippen LogP contribution in [0.2, 0.25) is 0 Å². The van der Waals surface area contributed by atoms with Gasteiger partial charge in [0.1, 0.15) is 0 Å². The van der Waals surface area contributed by atoms with Gasteiger partial charge in [0.05, 0.1) is 12.9 Å². The molecule has 0 aliphatic heterocycles. The number of methoxy groups -OCH3 is 1. The molecule has 0 heterocycles. The summed E-state index contributed by atoms with van der Waals surface area (Å²) < 4.78 is 9.72. The van der Waals surface area contributed by atoms with Crippen molar-refractivity contribution in [1.82, 2.24) is 0 Å². The van der Waals surface area contributed by atoms with Gasteiger partial charge in [-0.1, -0.05) is 0 Å². The third-order valence-corrected chi connectivity index (χ3v) is 1.84. The summed E-state index contributed by atoms with van der Waals surface area (Å²) in [7, 11) is 1.52. The van der Waals surface area contributed by atoms with Crippen LogP contribution in [-0.2, 0) is 19.1 Å². The van der Waals surface area contributed by atoms with Crippen LogP contribution in [0.25, 0.3) is 0 Å². The van der Waals surface area contributed by atoms with Gasteiger partial charge in [-0.3, -0.25) is 9.59 Å². The van der Waals surface area contributed by atoms with E-state index in [0.717, 1.165) is 0 Å². The second-order valence-electron chi connectivity index (χ2n) is 2.85. The minimum absolute atomic E-state index is 0.196. The molecular weight excluding hydrogens is 172 g/mol. The van der Waals surface area contributed by atoms with Crippen molar-refractivity contribution in [3.63, 3.8) is 0 Å². The summed E-state index contributed by atoms with van der Waals surface area (Å²) in [4.78, 5) is 21.8. The highest BCUT2D eigenvalue weighted by Gasteiger charge is 2.25. The van der Waals surface area contributed by atoms with Crippen molar-refractivity contribution in [1.29, 1.82) is 0 Å². The van der Waals surface area contributed by atoms with E-state index in [4.69, 9.17) is 9.47 Å². The Labute approximate surface area is 76.5 Å². The van der Waals surface area contributed by atoms with E-state index in [0.29, 0.717) is 18.6 Å². The summed E-state index contributed by atoms with van der Waals surface area (Å²) in [6.07, 6.45) is 1.92. The molecule has 0 fully saturated rings. The Bertz CT molecular complexity index is 254. The zero-order valence-electron chi connectivity index (χ0n) is 7.70. The fraction of sp³-hybridized carbons (Fsp3) is 0.556. The van der Waals surface area contributed by atoms with E-state index >= 15 is 0 Å². The van der Waals surface area contributed by atoms with Crippen LogP contribution in [0, 0.1) is 0 Å². The smallest absolute Gasteiger partial charge is 0.303 e. The number of esters is 1. The van der Waals surface area contributed by atoms with Gasteiger partial charge in [-0.25, -0.2) is 0 Å². The van der Waals surface area contributed by atoms with Crippen molar-refractivity contribution in [2.24, 2.45) is 0 Å². The van der Waals surface area contributed by atoms with Crippen LogP contribution in [0.4, 0.5) is 0 Å². The summed E-state index contributed by atoms with van der Waals surface area (Å²) >= 11 is 0. The zero-order chi connectivity index (χ0) is 9.84. The van der Waals surface area contributed by atoms with Crippen molar-refractivity contribution in [2.45, 2.75) is 25.9 Å². The molecule has 4 nitrogen and oxygen atoms in total. The molecule has 1 atom stereocenters. The summed E-state index contributed by atoms with van der Waals surface area (Å²) in [5.74, 6) is 0.0271. The van der Waals surface area contributed by atoms with Gasteiger partial charge in [0.25, 0.3) is 0 Å². The second-order valence-corrected chi connectivity index (χ2v) is 2.85. The van der Waals surface area contributed by atoms with Gasteiger partial charge < -0.3 is 9.47 Å². The average Bonchev–Trinajstić information content (AvgIpc) is 2.08. The van der Waals surface area contributed by atoms with Crippen LogP contribution >= 0.6 is 0 Å². The average molecular weight is 184 g/mol. The molecule has 0 radical (unpaired) electrons. The summed E-state index contributed by atoms with van der Waals surface area (Å²) in [5, 5.41) is 0. The highest BCUT2D eigenvalue weighted by atomic mass is 16.5. The standard InChI is InChI=1S/C9H12O4/c1-6(10)13-9-4-3-7(12-2)5-8(9)11/h5,9H,3-4H2,1-2H3/t9-/m0/s1. The topological polar surface area (TPSA) is 52.6 Å². The molecule has 0 bridgehead atoms. The Kier molecular flexibility index (Phi) is 3.06. The van der Waals surface area contributed by atoms with E-state index in [1.54, 1.807) is 0 Å². The molecule has 0 spiro atoms. The number of carbonyl (C=O) groups is 2. The van der Waals surface area contributed by atoms with Gasteiger partial charge in [0.15, 0.2) is 11.9 Å². The molecule has 0 amide bonds. The lowest BCUT2D eigenvalue weighted by molar-refractivity contribution is -0.152. The Hall–Kier alpha value is -1.32. The number of hydrogen-bond donors (Lipinski definition) is 0. The first-order chi connectivity index (χ1) is 6.13. The van der Waals surface area contributed by atoms with Crippen LogP contribution in [0.15, 0.2) is 11.8 Å². The van der Waals surface area contributed by atoms with Crippen LogP contribution in [0.5, 0.6) is 0 Å². The monoisotopic (exact) mass is 184 g/mol. The molecule has 0 N–H and O–H groups in total. The Morgan fingerprint density at radius 1 is 1.62 bits per heavy atom. The summed E-state index contributed by atoms with van der Waals surface area (Å²) in [6, 6.07) is 0. The highest BCUT2D eigenvalue weighted by Crippen LogP contribution is 2.18. The lowest BCUT2D eigenvalue weighted by Gasteiger charge is -2.19. The van der Waals surface area contributed by atoms with Gasteiger partial charge >= 0.3 is 5.97 Å². The summed E-state index contributed by atoms with van der Waals surface area (Å²) in [5.41, 5.74) is 0. The fourth-order valence-electron chi connectivity index (χ4n) is 1.22. The normalized spacial score (nSPS) is 22.2. The Morgan fingerprint density at radius 3 is 2.77 bits per heavy atom. The SMILES string of the molecule is COC1=CC(=O)[C@@H](OC(C)=O)CC1. The number of carbonyl (C=O) groups excluding carboxylic acids is 2. The quantitative estimate of drug-likeness (QED) is 0.596. The van der Waals surface area contributed by atoms with Crippen molar-refractivity contribution < 1.29 is 19.1 Å². The molecule has 0 aromatic rings. The second kappa shape index (κ2) is 4.07. The number of ketones is 1. The Morgan fingerprint density at radius 2 is 2.31 bits per heavy atom. The van der Waals surface area contributed by atoms with Gasteiger partial charge in [-0.15, -0.1) is 0 Å². The number of hydrogen-bond acceptors (Lipinski definition) is 4. The van der Waals surface area contributed by atoms with E-state index in [2.05, 4.69) is 0 Å². The third-order valence-electron chi connectivity index (χ3n) is 1.84. The number of rotatable bonds is 2. The lowest BCUT2D eigenvalue weighted by Crippen LogP contribution is -2.28. The Balaban J connectivity index is 2.59. The molecule has 0 aromatic heterocycles. The van der Waals surface area contributed by atoms with Crippen LogP contribution in [0.1, 0.15) is 19.8 Å². The molecule has 0 saturated carbocycles. The van der Waals surface area contributed by atoms with Crippen molar-refractivity contribution in [3.05, 3.63) is 11.8 Å². The van der Waals surface area contributed by atoms with E-state index < -0.39 is 12.1 Å². The van der Waals surface area contributed by atoms with E-state index in [-0.39, 0.29) is 5.78 Å². The minimum atomic E-state index is -0.614. The first kappa shape index (κ1) is 9.77. The first-order valence-electron chi connectivity index (χ1n) is 4.09. The molecule has 13 heavy (non-hydrogen) atoms. The molecule has 1 rings (SSSR count). The first-order valence-corrected chi connectivity index (χ1v) is 4.09. The lowest BCUT2D eigenvalue weighted by atomic mass is 10.0. The predicted octanol–water partition coefficient (Wildman–Crippen LogP) is 0.811. The molecule has 0 saturated heterocycles. The molecular formula is C9H12O4.